The lowest BCUT2D eigenvalue weighted by Crippen LogP contribution is -2.21. The first-order valence-corrected chi connectivity index (χ1v) is 5.92. The molecule has 0 radical (unpaired) electrons. The largest absolute Gasteiger partial charge is 0.477 e. The third-order valence-electron chi connectivity index (χ3n) is 2.64. The minimum Gasteiger partial charge on any atom is -0.477 e. The maximum absolute atomic E-state index is 11.1. The Balaban J connectivity index is 2.04. The maximum Gasteiger partial charge on any atom is 0.384 e. The third-order valence-corrected chi connectivity index (χ3v) is 2.64. The SMILES string of the molecule is CCOC(=O)C#CC1CCc2cc(N)ccc2O1. The molecule has 1 heterocycles. The van der Waals surface area contributed by atoms with E-state index in [2.05, 4.69) is 11.8 Å². The molecule has 1 unspecified atom stereocenters. The lowest BCUT2D eigenvalue weighted by Gasteiger charge is -2.22. The molecule has 0 fully saturated rings. The highest BCUT2D eigenvalue weighted by Crippen LogP contribution is 2.28. The topological polar surface area (TPSA) is 61.5 Å². The molecule has 0 saturated heterocycles. The molecule has 18 heavy (non-hydrogen) atoms. The minimum atomic E-state index is -0.510. The van der Waals surface area contributed by atoms with Crippen molar-refractivity contribution in [3.63, 3.8) is 0 Å². The lowest BCUT2D eigenvalue weighted by atomic mass is 10.0. The average molecular weight is 245 g/mol. The molecular formula is C14H15NO3. The number of benzene rings is 1. The summed E-state index contributed by atoms with van der Waals surface area (Å²) in [6.07, 6.45) is 1.34. The Kier molecular flexibility index (Phi) is 3.73. The van der Waals surface area contributed by atoms with E-state index in [1.54, 1.807) is 13.0 Å². The summed E-state index contributed by atoms with van der Waals surface area (Å²) in [5.74, 6) is 5.50. The molecule has 1 atom stereocenters. The van der Waals surface area contributed by atoms with Crippen LogP contribution in [-0.2, 0) is 16.0 Å². The van der Waals surface area contributed by atoms with Gasteiger partial charge in [-0.2, -0.15) is 0 Å². The second-order valence-corrected chi connectivity index (χ2v) is 4.00. The van der Waals surface area contributed by atoms with Gasteiger partial charge in [-0.05, 0) is 49.4 Å². The van der Waals surface area contributed by atoms with Crippen LogP contribution in [0.2, 0.25) is 0 Å². The molecule has 0 bridgehead atoms. The molecule has 0 spiro atoms. The lowest BCUT2D eigenvalue weighted by molar-refractivity contribution is -0.136. The molecule has 94 valence electrons. The van der Waals surface area contributed by atoms with Gasteiger partial charge in [0.25, 0.3) is 0 Å². The number of nitrogen functional groups attached to an aromatic ring is 1. The molecule has 1 aromatic carbocycles. The quantitative estimate of drug-likeness (QED) is 0.353. The molecule has 0 amide bonds. The Morgan fingerprint density at radius 3 is 3.22 bits per heavy atom. The van der Waals surface area contributed by atoms with Crippen LogP contribution in [0.5, 0.6) is 5.75 Å². The van der Waals surface area contributed by atoms with E-state index in [1.807, 2.05) is 12.1 Å². The van der Waals surface area contributed by atoms with E-state index in [4.69, 9.17) is 15.2 Å². The summed E-state index contributed by atoms with van der Waals surface area (Å²) in [7, 11) is 0. The fourth-order valence-electron chi connectivity index (χ4n) is 1.82. The van der Waals surface area contributed by atoms with E-state index in [0.29, 0.717) is 6.61 Å². The zero-order valence-electron chi connectivity index (χ0n) is 10.2. The number of esters is 1. The monoisotopic (exact) mass is 245 g/mol. The minimum absolute atomic E-state index is 0.259. The standard InChI is InChI=1S/C14H15NO3/c1-2-17-14(16)8-6-12-5-3-10-9-11(15)4-7-13(10)18-12/h4,7,9,12H,2-3,5,15H2,1H3. The Bertz CT molecular complexity index is 514. The number of rotatable bonds is 1. The molecule has 4 heteroatoms. The van der Waals surface area contributed by atoms with Crippen LogP contribution in [0.1, 0.15) is 18.9 Å². The van der Waals surface area contributed by atoms with Gasteiger partial charge in [-0.15, -0.1) is 0 Å². The second-order valence-electron chi connectivity index (χ2n) is 4.00. The van der Waals surface area contributed by atoms with E-state index in [9.17, 15) is 4.79 Å². The molecule has 4 nitrogen and oxygen atoms in total. The summed E-state index contributed by atoms with van der Waals surface area (Å²) in [4.78, 5) is 11.1. The first kappa shape index (κ1) is 12.3. The van der Waals surface area contributed by atoms with Crippen molar-refractivity contribution in [1.82, 2.24) is 0 Å². The smallest absolute Gasteiger partial charge is 0.384 e. The third kappa shape index (κ3) is 2.95. The van der Waals surface area contributed by atoms with Crippen molar-refractivity contribution in [3.8, 4) is 17.6 Å². The number of aryl methyl sites for hydroxylation is 1. The highest BCUT2D eigenvalue weighted by atomic mass is 16.5. The summed E-state index contributed by atoms with van der Waals surface area (Å²) in [6.45, 7) is 2.08. The van der Waals surface area contributed by atoms with E-state index < -0.39 is 5.97 Å². The summed E-state index contributed by atoms with van der Waals surface area (Å²) in [6, 6.07) is 5.53. The summed E-state index contributed by atoms with van der Waals surface area (Å²) in [5.41, 5.74) is 7.52. The van der Waals surface area contributed by atoms with Gasteiger partial charge in [0.2, 0.25) is 0 Å². The molecule has 1 aliphatic rings. The normalized spacial score (nSPS) is 16.8. The van der Waals surface area contributed by atoms with E-state index in [0.717, 1.165) is 29.8 Å². The van der Waals surface area contributed by atoms with Gasteiger partial charge in [0, 0.05) is 11.6 Å². The Labute approximate surface area is 106 Å². The molecule has 2 N–H and O–H groups in total. The van der Waals surface area contributed by atoms with Crippen molar-refractivity contribution >= 4 is 11.7 Å². The van der Waals surface area contributed by atoms with Gasteiger partial charge in [0.05, 0.1) is 6.61 Å². The number of anilines is 1. The van der Waals surface area contributed by atoms with Crippen LogP contribution >= 0.6 is 0 Å². The molecule has 0 saturated carbocycles. The highest BCUT2D eigenvalue weighted by Gasteiger charge is 2.18. The van der Waals surface area contributed by atoms with Crippen LogP contribution in [0.25, 0.3) is 0 Å². The number of ether oxygens (including phenoxy) is 2. The number of hydrogen-bond donors (Lipinski definition) is 1. The molecule has 0 aromatic heterocycles. The van der Waals surface area contributed by atoms with Gasteiger partial charge in [0.1, 0.15) is 5.75 Å². The highest BCUT2D eigenvalue weighted by molar-refractivity contribution is 5.88. The molecular weight excluding hydrogens is 230 g/mol. The number of nitrogens with two attached hydrogens (primary N) is 1. The molecule has 1 aromatic rings. The van der Waals surface area contributed by atoms with Crippen molar-refractivity contribution < 1.29 is 14.3 Å². The second kappa shape index (κ2) is 5.46. The van der Waals surface area contributed by atoms with Crippen LogP contribution in [0.3, 0.4) is 0 Å². The predicted molar refractivity (Wildman–Crippen MR) is 68.0 cm³/mol. The Morgan fingerprint density at radius 1 is 1.61 bits per heavy atom. The molecule has 0 aliphatic carbocycles. The zero-order valence-corrected chi connectivity index (χ0v) is 10.2. The molecule has 2 rings (SSSR count). The zero-order chi connectivity index (χ0) is 13.0. The van der Waals surface area contributed by atoms with Gasteiger partial charge in [-0.3, -0.25) is 0 Å². The first-order valence-electron chi connectivity index (χ1n) is 5.92. The van der Waals surface area contributed by atoms with Gasteiger partial charge < -0.3 is 15.2 Å². The number of carbonyl (C=O) groups is 1. The van der Waals surface area contributed by atoms with Crippen molar-refractivity contribution in [3.05, 3.63) is 23.8 Å². The average Bonchev–Trinajstić information content (AvgIpc) is 2.36. The van der Waals surface area contributed by atoms with Crippen LogP contribution < -0.4 is 10.5 Å². The summed E-state index contributed by atoms with van der Waals surface area (Å²) >= 11 is 0. The Morgan fingerprint density at radius 2 is 2.44 bits per heavy atom. The van der Waals surface area contributed by atoms with Gasteiger partial charge >= 0.3 is 5.97 Å². The van der Waals surface area contributed by atoms with Crippen molar-refractivity contribution in [2.45, 2.75) is 25.9 Å². The van der Waals surface area contributed by atoms with Crippen LogP contribution in [0, 0.1) is 11.8 Å². The number of hydrogen-bond acceptors (Lipinski definition) is 4. The van der Waals surface area contributed by atoms with Crippen molar-refractivity contribution in [2.75, 3.05) is 12.3 Å². The fourth-order valence-corrected chi connectivity index (χ4v) is 1.82. The van der Waals surface area contributed by atoms with E-state index in [-0.39, 0.29) is 6.10 Å². The molecule has 1 aliphatic heterocycles. The van der Waals surface area contributed by atoms with E-state index in [1.165, 1.54) is 0 Å². The van der Waals surface area contributed by atoms with Gasteiger partial charge in [-0.25, -0.2) is 4.79 Å². The number of carbonyl (C=O) groups excluding carboxylic acids is 1. The van der Waals surface area contributed by atoms with Crippen LogP contribution in [-0.4, -0.2) is 18.7 Å². The maximum atomic E-state index is 11.1. The van der Waals surface area contributed by atoms with Crippen molar-refractivity contribution in [1.29, 1.82) is 0 Å². The van der Waals surface area contributed by atoms with Crippen LogP contribution in [0.15, 0.2) is 18.2 Å². The van der Waals surface area contributed by atoms with Crippen LogP contribution in [0.4, 0.5) is 5.69 Å². The van der Waals surface area contributed by atoms with Gasteiger partial charge in [0.15, 0.2) is 6.10 Å². The van der Waals surface area contributed by atoms with E-state index >= 15 is 0 Å². The number of fused-ring (bicyclic) bond motifs is 1. The first-order chi connectivity index (χ1) is 8.69. The predicted octanol–water partition coefficient (Wildman–Crippen LogP) is 1.53. The van der Waals surface area contributed by atoms with Gasteiger partial charge in [-0.1, -0.05) is 0 Å². The van der Waals surface area contributed by atoms with Crippen molar-refractivity contribution in [2.24, 2.45) is 0 Å². The summed E-state index contributed by atoms with van der Waals surface area (Å²) < 4.78 is 10.4. The Hall–Kier alpha value is -2.15. The fraction of sp³-hybridized carbons (Fsp3) is 0.357. The summed E-state index contributed by atoms with van der Waals surface area (Å²) in [5, 5.41) is 0.